The Balaban J connectivity index is 2.08. The highest BCUT2D eigenvalue weighted by Crippen LogP contribution is 1.99. The lowest BCUT2D eigenvalue weighted by Crippen LogP contribution is -2.24. The van der Waals surface area contributed by atoms with E-state index in [1.165, 1.54) is 6.92 Å². The van der Waals surface area contributed by atoms with Gasteiger partial charge in [0.05, 0.1) is 13.2 Å². The monoisotopic (exact) mass is 193 g/mol. The largest absolute Gasteiger partial charge is 0.375 e. The van der Waals surface area contributed by atoms with Gasteiger partial charge < -0.3 is 10.1 Å². The lowest BCUT2D eigenvalue weighted by atomic mass is 10.2. The number of amides is 1. The maximum absolute atomic E-state index is 10.5. The van der Waals surface area contributed by atoms with Crippen LogP contribution in [0, 0.1) is 0 Å². The van der Waals surface area contributed by atoms with E-state index in [0.717, 1.165) is 5.56 Å². The lowest BCUT2D eigenvalue weighted by molar-refractivity contribution is -0.119. The predicted molar refractivity (Wildman–Crippen MR) is 54.8 cm³/mol. The molecule has 3 nitrogen and oxygen atoms in total. The molecule has 0 spiro atoms. The van der Waals surface area contributed by atoms with Gasteiger partial charge in [0, 0.05) is 13.5 Å². The summed E-state index contributed by atoms with van der Waals surface area (Å²) in [6, 6.07) is 9.95. The Morgan fingerprint density at radius 2 is 2.07 bits per heavy atom. The molecule has 0 heterocycles. The van der Waals surface area contributed by atoms with Crippen LogP contribution in [-0.4, -0.2) is 19.1 Å². The van der Waals surface area contributed by atoms with E-state index in [1.807, 2.05) is 30.3 Å². The summed E-state index contributed by atoms with van der Waals surface area (Å²) >= 11 is 0. The van der Waals surface area contributed by atoms with Gasteiger partial charge in [0.2, 0.25) is 5.91 Å². The number of hydrogen-bond donors (Lipinski definition) is 1. The zero-order chi connectivity index (χ0) is 10.2. The van der Waals surface area contributed by atoms with E-state index in [4.69, 9.17) is 4.74 Å². The van der Waals surface area contributed by atoms with Gasteiger partial charge in [0.25, 0.3) is 0 Å². The Labute approximate surface area is 84.1 Å². The van der Waals surface area contributed by atoms with E-state index in [0.29, 0.717) is 19.8 Å². The molecule has 14 heavy (non-hydrogen) atoms. The Morgan fingerprint density at radius 3 is 2.71 bits per heavy atom. The van der Waals surface area contributed by atoms with Crippen molar-refractivity contribution in [2.45, 2.75) is 13.5 Å². The summed E-state index contributed by atoms with van der Waals surface area (Å²) in [5.41, 5.74) is 1.15. The Morgan fingerprint density at radius 1 is 1.36 bits per heavy atom. The van der Waals surface area contributed by atoms with Gasteiger partial charge in [-0.1, -0.05) is 30.3 Å². The van der Waals surface area contributed by atoms with E-state index >= 15 is 0 Å². The second-order valence-corrected chi connectivity index (χ2v) is 3.02. The standard InChI is InChI=1S/C11H15NO2/c1-10(13)12-7-8-14-9-11-5-3-2-4-6-11/h2-6H,7-9H2,1H3,(H,12,13). The predicted octanol–water partition coefficient (Wildman–Crippen LogP) is 1.34. The van der Waals surface area contributed by atoms with Crippen LogP contribution in [-0.2, 0) is 16.1 Å². The van der Waals surface area contributed by atoms with Gasteiger partial charge in [0.15, 0.2) is 0 Å². The minimum absolute atomic E-state index is 0.0201. The third-order valence-electron chi connectivity index (χ3n) is 1.73. The number of nitrogens with one attached hydrogen (secondary N) is 1. The summed E-state index contributed by atoms with van der Waals surface area (Å²) in [6.45, 7) is 3.22. The van der Waals surface area contributed by atoms with Crippen molar-refractivity contribution in [1.82, 2.24) is 5.32 Å². The van der Waals surface area contributed by atoms with Crippen molar-refractivity contribution in [3.63, 3.8) is 0 Å². The van der Waals surface area contributed by atoms with Crippen LogP contribution in [0.15, 0.2) is 30.3 Å². The zero-order valence-electron chi connectivity index (χ0n) is 8.32. The smallest absolute Gasteiger partial charge is 0.216 e. The first-order valence-electron chi connectivity index (χ1n) is 4.65. The van der Waals surface area contributed by atoms with Gasteiger partial charge in [-0.3, -0.25) is 4.79 Å². The third-order valence-corrected chi connectivity index (χ3v) is 1.73. The van der Waals surface area contributed by atoms with Crippen LogP contribution in [0.3, 0.4) is 0 Å². The molecule has 0 unspecified atom stereocenters. The zero-order valence-corrected chi connectivity index (χ0v) is 8.32. The molecule has 76 valence electrons. The van der Waals surface area contributed by atoms with Crippen LogP contribution in [0.25, 0.3) is 0 Å². The number of benzene rings is 1. The fourth-order valence-electron chi connectivity index (χ4n) is 1.06. The molecular weight excluding hydrogens is 178 g/mol. The normalized spacial score (nSPS) is 9.79. The fraction of sp³-hybridized carbons (Fsp3) is 0.364. The van der Waals surface area contributed by atoms with E-state index in [2.05, 4.69) is 5.32 Å². The molecule has 1 amide bonds. The molecule has 1 aromatic rings. The first-order valence-corrected chi connectivity index (χ1v) is 4.65. The van der Waals surface area contributed by atoms with Gasteiger partial charge in [-0.2, -0.15) is 0 Å². The van der Waals surface area contributed by atoms with Crippen molar-refractivity contribution in [3.8, 4) is 0 Å². The Bertz CT molecular complexity index is 272. The topological polar surface area (TPSA) is 38.3 Å². The maximum atomic E-state index is 10.5. The van der Waals surface area contributed by atoms with Crippen molar-refractivity contribution in [3.05, 3.63) is 35.9 Å². The van der Waals surface area contributed by atoms with Gasteiger partial charge in [-0.25, -0.2) is 0 Å². The first kappa shape index (κ1) is 10.7. The third kappa shape index (κ3) is 4.62. The molecule has 0 atom stereocenters. The molecule has 0 aliphatic heterocycles. The summed E-state index contributed by atoms with van der Waals surface area (Å²) in [7, 11) is 0. The lowest BCUT2D eigenvalue weighted by Gasteiger charge is -2.04. The van der Waals surface area contributed by atoms with E-state index in [1.54, 1.807) is 0 Å². The SMILES string of the molecule is CC(=O)NCCOCc1ccccc1. The molecule has 3 heteroatoms. The molecule has 0 saturated carbocycles. The molecule has 0 fully saturated rings. The second-order valence-electron chi connectivity index (χ2n) is 3.02. The van der Waals surface area contributed by atoms with Crippen LogP contribution < -0.4 is 5.32 Å². The van der Waals surface area contributed by atoms with Crippen LogP contribution in [0.5, 0.6) is 0 Å². The van der Waals surface area contributed by atoms with Crippen molar-refractivity contribution >= 4 is 5.91 Å². The van der Waals surface area contributed by atoms with Crippen molar-refractivity contribution < 1.29 is 9.53 Å². The molecule has 0 saturated heterocycles. The molecule has 1 rings (SSSR count). The number of rotatable bonds is 5. The summed E-state index contributed by atoms with van der Waals surface area (Å²) < 4.78 is 5.36. The Kier molecular flexibility index (Phi) is 4.72. The molecule has 0 aromatic heterocycles. The number of hydrogen-bond acceptors (Lipinski definition) is 2. The molecule has 0 bridgehead atoms. The molecule has 0 aliphatic carbocycles. The van der Waals surface area contributed by atoms with Gasteiger partial charge >= 0.3 is 0 Å². The molecule has 0 radical (unpaired) electrons. The number of carbonyl (C=O) groups excluding carboxylic acids is 1. The summed E-state index contributed by atoms with van der Waals surface area (Å²) in [5, 5.41) is 2.67. The highest BCUT2D eigenvalue weighted by molar-refractivity contribution is 5.72. The van der Waals surface area contributed by atoms with Crippen molar-refractivity contribution in [2.24, 2.45) is 0 Å². The molecule has 0 aliphatic rings. The van der Waals surface area contributed by atoms with Gasteiger partial charge in [0.1, 0.15) is 0 Å². The fourth-order valence-corrected chi connectivity index (χ4v) is 1.06. The van der Waals surface area contributed by atoms with Crippen molar-refractivity contribution in [2.75, 3.05) is 13.2 Å². The quantitative estimate of drug-likeness (QED) is 0.717. The molecular formula is C11H15NO2. The Hall–Kier alpha value is -1.35. The number of ether oxygens (including phenoxy) is 1. The highest BCUT2D eigenvalue weighted by atomic mass is 16.5. The second kappa shape index (κ2) is 6.16. The van der Waals surface area contributed by atoms with Crippen LogP contribution in [0.1, 0.15) is 12.5 Å². The summed E-state index contributed by atoms with van der Waals surface area (Å²) in [6.07, 6.45) is 0. The molecule has 1 N–H and O–H groups in total. The average molecular weight is 193 g/mol. The van der Waals surface area contributed by atoms with Crippen LogP contribution in [0.4, 0.5) is 0 Å². The summed E-state index contributed by atoms with van der Waals surface area (Å²) in [5.74, 6) is -0.0201. The average Bonchev–Trinajstić information content (AvgIpc) is 2.18. The molecule has 1 aromatic carbocycles. The van der Waals surface area contributed by atoms with Gasteiger partial charge in [-0.15, -0.1) is 0 Å². The van der Waals surface area contributed by atoms with Crippen LogP contribution in [0.2, 0.25) is 0 Å². The van der Waals surface area contributed by atoms with Crippen molar-refractivity contribution in [1.29, 1.82) is 0 Å². The number of carbonyl (C=O) groups is 1. The van der Waals surface area contributed by atoms with E-state index in [-0.39, 0.29) is 5.91 Å². The first-order chi connectivity index (χ1) is 6.79. The van der Waals surface area contributed by atoms with Gasteiger partial charge in [-0.05, 0) is 5.56 Å². The highest BCUT2D eigenvalue weighted by Gasteiger charge is 1.92. The maximum Gasteiger partial charge on any atom is 0.216 e. The van der Waals surface area contributed by atoms with E-state index < -0.39 is 0 Å². The summed E-state index contributed by atoms with van der Waals surface area (Å²) in [4.78, 5) is 10.5. The van der Waals surface area contributed by atoms with Crippen LogP contribution >= 0.6 is 0 Å². The van der Waals surface area contributed by atoms with E-state index in [9.17, 15) is 4.79 Å². The minimum Gasteiger partial charge on any atom is -0.375 e. The minimum atomic E-state index is -0.0201.